The molecule has 0 aromatic rings. The largest absolute Gasteiger partial charge is 0.480 e. The first kappa shape index (κ1) is 19.1. The van der Waals surface area contributed by atoms with E-state index < -0.39 is 23.7 Å². The third kappa shape index (κ3) is 10.6. The van der Waals surface area contributed by atoms with Crippen LogP contribution in [0.15, 0.2) is 0 Å². The maximum Gasteiger partial charge on any atom is 0.408 e. The van der Waals surface area contributed by atoms with Crippen LogP contribution in [0.2, 0.25) is 0 Å². The first-order valence-electron chi connectivity index (χ1n) is 6.16. The third-order valence-electron chi connectivity index (χ3n) is 1.89. The number of hydrogen-bond donors (Lipinski definition) is 3. The second-order valence-corrected chi connectivity index (χ2v) is 6.06. The summed E-state index contributed by atoms with van der Waals surface area (Å²) in [6.45, 7) is 5.14. The second kappa shape index (κ2) is 9.13. The number of terminal acetylenes is 1. The van der Waals surface area contributed by atoms with Crippen LogP contribution in [-0.4, -0.2) is 52.8 Å². The smallest absolute Gasteiger partial charge is 0.408 e. The predicted molar refractivity (Wildman–Crippen MR) is 80.0 cm³/mol. The van der Waals surface area contributed by atoms with Crippen LogP contribution in [0.5, 0.6) is 0 Å². The summed E-state index contributed by atoms with van der Waals surface area (Å²) in [5, 5.41) is 13.7. The molecule has 118 valence electrons. The van der Waals surface area contributed by atoms with Gasteiger partial charge in [-0.1, -0.05) is 5.92 Å². The maximum atomic E-state index is 11.5. The van der Waals surface area contributed by atoms with Gasteiger partial charge in [-0.3, -0.25) is 4.79 Å². The number of rotatable bonds is 7. The molecule has 3 N–H and O–H groups in total. The minimum Gasteiger partial charge on any atom is -0.480 e. The number of hydrogen-bond acceptors (Lipinski definition) is 5. The molecule has 0 bridgehead atoms. The highest BCUT2D eigenvalue weighted by Gasteiger charge is 2.24. The summed E-state index contributed by atoms with van der Waals surface area (Å²) in [4.78, 5) is 33.8. The first-order chi connectivity index (χ1) is 9.65. The SMILES string of the molecule is C#CCNC(=O)CSCC(NC(=O)OC(C)(C)C)C(=O)O. The topological polar surface area (TPSA) is 105 Å². The zero-order valence-electron chi connectivity index (χ0n) is 12.3. The van der Waals surface area contributed by atoms with Gasteiger partial charge in [0, 0.05) is 5.75 Å². The average molecular weight is 316 g/mol. The summed E-state index contributed by atoms with van der Waals surface area (Å²) >= 11 is 1.08. The number of ether oxygens (including phenoxy) is 1. The van der Waals surface area contributed by atoms with E-state index in [0.29, 0.717) is 0 Å². The Labute approximate surface area is 128 Å². The van der Waals surface area contributed by atoms with Gasteiger partial charge in [0.15, 0.2) is 0 Å². The molecule has 0 spiro atoms. The van der Waals surface area contributed by atoms with Gasteiger partial charge in [-0.2, -0.15) is 0 Å². The lowest BCUT2D eigenvalue weighted by Gasteiger charge is -2.21. The highest BCUT2D eigenvalue weighted by molar-refractivity contribution is 8.00. The van der Waals surface area contributed by atoms with Crippen molar-refractivity contribution in [1.29, 1.82) is 0 Å². The zero-order chi connectivity index (χ0) is 16.5. The molecule has 0 saturated carbocycles. The van der Waals surface area contributed by atoms with Crippen LogP contribution >= 0.6 is 11.8 Å². The summed E-state index contributed by atoms with van der Waals surface area (Å²) in [6, 6.07) is -1.13. The Morgan fingerprint density at radius 1 is 1.38 bits per heavy atom. The van der Waals surface area contributed by atoms with E-state index in [2.05, 4.69) is 16.6 Å². The molecular formula is C13H20N2O5S. The van der Waals surface area contributed by atoms with E-state index in [-0.39, 0.29) is 24.0 Å². The van der Waals surface area contributed by atoms with Crippen molar-refractivity contribution < 1.29 is 24.2 Å². The number of aliphatic carboxylic acids is 1. The van der Waals surface area contributed by atoms with Gasteiger partial charge in [0.2, 0.25) is 5.91 Å². The van der Waals surface area contributed by atoms with Crippen molar-refractivity contribution in [3.63, 3.8) is 0 Å². The maximum absolute atomic E-state index is 11.5. The van der Waals surface area contributed by atoms with Gasteiger partial charge in [-0.15, -0.1) is 18.2 Å². The monoisotopic (exact) mass is 316 g/mol. The number of carbonyl (C=O) groups excluding carboxylic acids is 2. The molecule has 2 amide bonds. The fourth-order valence-corrected chi connectivity index (χ4v) is 1.96. The van der Waals surface area contributed by atoms with E-state index in [9.17, 15) is 14.4 Å². The van der Waals surface area contributed by atoms with E-state index >= 15 is 0 Å². The Kier molecular flexibility index (Phi) is 8.31. The van der Waals surface area contributed by atoms with E-state index in [1.54, 1.807) is 20.8 Å². The zero-order valence-corrected chi connectivity index (χ0v) is 13.1. The second-order valence-electron chi connectivity index (χ2n) is 5.03. The number of carboxylic acids is 1. The van der Waals surface area contributed by atoms with E-state index in [4.69, 9.17) is 16.3 Å². The Morgan fingerprint density at radius 2 is 2.00 bits per heavy atom. The van der Waals surface area contributed by atoms with Crippen molar-refractivity contribution >= 4 is 29.7 Å². The predicted octanol–water partition coefficient (Wildman–Crippen LogP) is 0.447. The lowest BCUT2D eigenvalue weighted by Crippen LogP contribution is -2.45. The molecule has 21 heavy (non-hydrogen) atoms. The van der Waals surface area contributed by atoms with Crippen LogP contribution in [0.4, 0.5) is 4.79 Å². The molecule has 0 rings (SSSR count). The van der Waals surface area contributed by atoms with Gasteiger partial charge in [-0.05, 0) is 20.8 Å². The molecule has 0 radical (unpaired) electrons. The standard InChI is InChI=1S/C13H20N2O5S/c1-5-6-14-10(16)8-21-7-9(11(17)18)15-12(19)20-13(2,3)4/h1,9H,6-8H2,2-4H3,(H,14,16)(H,15,19)(H,17,18). The average Bonchev–Trinajstić information content (AvgIpc) is 2.32. The molecule has 0 aliphatic rings. The van der Waals surface area contributed by atoms with Gasteiger partial charge < -0.3 is 20.5 Å². The van der Waals surface area contributed by atoms with Crippen molar-refractivity contribution in [2.75, 3.05) is 18.1 Å². The number of nitrogens with one attached hydrogen (secondary N) is 2. The van der Waals surface area contributed by atoms with Crippen LogP contribution in [0.25, 0.3) is 0 Å². The summed E-state index contributed by atoms with van der Waals surface area (Å²) < 4.78 is 4.97. The molecule has 0 aliphatic heterocycles. The third-order valence-corrected chi connectivity index (χ3v) is 2.93. The van der Waals surface area contributed by atoms with Crippen molar-refractivity contribution in [2.24, 2.45) is 0 Å². The Balaban J connectivity index is 4.21. The van der Waals surface area contributed by atoms with Crippen LogP contribution in [0, 0.1) is 12.3 Å². The van der Waals surface area contributed by atoms with Crippen LogP contribution < -0.4 is 10.6 Å². The summed E-state index contributed by atoms with van der Waals surface area (Å²) in [5.74, 6) is 0.863. The molecule has 0 aliphatic carbocycles. The Hall–Kier alpha value is -1.88. The molecule has 0 fully saturated rings. The van der Waals surface area contributed by atoms with Gasteiger partial charge in [0.25, 0.3) is 0 Å². The molecule has 1 unspecified atom stereocenters. The summed E-state index contributed by atoms with van der Waals surface area (Å²) in [5.41, 5.74) is -0.713. The molecule has 8 heteroatoms. The van der Waals surface area contributed by atoms with Gasteiger partial charge in [-0.25, -0.2) is 9.59 Å². The number of amides is 2. The minimum absolute atomic E-state index is 0.0397. The van der Waals surface area contributed by atoms with Crippen LogP contribution in [0.1, 0.15) is 20.8 Å². The number of carbonyl (C=O) groups is 3. The van der Waals surface area contributed by atoms with Crippen molar-refractivity contribution in [1.82, 2.24) is 10.6 Å². The van der Waals surface area contributed by atoms with Crippen molar-refractivity contribution in [3.8, 4) is 12.3 Å². The lowest BCUT2D eigenvalue weighted by atomic mass is 10.2. The van der Waals surface area contributed by atoms with Gasteiger partial charge in [0.05, 0.1) is 12.3 Å². The number of carboxylic acid groups (broad SMARTS) is 1. The van der Waals surface area contributed by atoms with Crippen molar-refractivity contribution in [2.45, 2.75) is 32.4 Å². The highest BCUT2D eigenvalue weighted by atomic mass is 32.2. The normalized spacial score (nSPS) is 11.9. The minimum atomic E-state index is -1.20. The van der Waals surface area contributed by atoms with E-state index in [1.165, 1.54) is 0 Å². The fraction of sp³-hybridized carbons (Fsp3) is 0.615. The molecule has 0 heterocycles. The molecule has 0 saturated heterocycles. The molecule has 0 aromatic heterocycles. The quantitative estimate of drug-likeness (QED) is 0.589. The number of alkyl carbamates (subject to hydrolysis) is 1. The molecular weight excluding hydrogens is 296 g/mol. The van der Waals surface area contributed by atoms with E-state index in [1.807, 2.05) is 0 Å². The molecule has 7 nitrogen and oxygen atoms in total. The molecule has 1 atom stereocenters. The Bertz CT molecular complexity index is 425. The number of thioether (sulfide) groups is 1. The first-order valence-corrected chi connectivity index (χ1v) is 7.31. The summed E-state index contributed by atoms with van der Waals surface area (Å²) in [6.07, 6.45) is 4.18. The van der Waals surface area contributed by atoms with Crippen LogP contribution in [0.3, 0.4) is 0 Å². The fourth-order valence-electron chi connectivity index (χ4n) is 1.09. The Morgan fingerprint density at radius 3 is 2.48 bits per heavy atom. The van der Waals surface area contributed by atoms with Crippen molar-refractivity contribution in [3.05, 3.63) is 0 Å². The van der Waals surface area contributed by atoms with Gasteiger partial charge >= 0.3 is 12.1 Å². The van der Waals surface area contributed by atoms with Crippen LogP contribution in [-0.2, 0) is 14.3 Å². The summed E-state index contributed by atoms with van der Waals surface area (Å²) in [7, 11) is 0. The van der Waals surface area contributed by atoms with Gasteiger partial charge in [0.1, 0.15) is 11.6 Å². The highest BCUT2D eigenvalue weighted by Crippen LogP contribution is 2.08. The van der Waals surface area contributed by atoms with E-state index in [0.717, 1.165) is 11.8 Å². The lowest BCUT2D eigenvalue weighted by molar-refractivity contribution is -0.138. The molecule has 0 aromatic carbocycles.